The molecule has 310 valence electrons. The Morgan fingerprint density at radius 1 is 0.604 bits per heavy atom. The van der Waals surface area contributed by atoms with Crippen molar-refractivity contribution in [3.8, 4) is 0 Å². The quantitative estimate of drug-likeness (QED) is 0.0686. The maximum Gasteiger partial charge on any atom is 0.217 e. The maximum atomic E-state index is 12.3. The van der Waals surface area contributed by atoms with E-state index in [0.29, 0.717) is 0 Å². The second-order valence-electron chi connectivity index (χ2n) is 13.0. The fourth-order valence-corrected chi connectivity index (χ4v) is 6.52. The molecular weight excluding hydrogens is 726 g/mol. The summed E-state index contributed by atoms with van der Waals surface area (Å²) in [5.41, 5.74) is 5.43. The number of carbonyl (C=O) groups is 1. The molecule has 4 heterocycles. The van der Waals surface area contributed by atoms with Gasteiger partial charge >= 0.3 is 0 Å². The van der Waals surface area contributed by atoms with Gasteiger partial charge in [0.2, 0.25) is 5.91 Å². The van der Waals surface area contributed by atoms with E-state index in [2.05, 4.69) is 5.32 Å². The molecule has 0 bridgehead atoms. The highest BCUT2D eigenvalue weighted by atomic mass is 16.8. The van der Waals surface area contributed by atoms with Crippen molar-refractivity contribution in [1.82, 2.24) is 10.4 Å². The Labute approximate surface area is 302 Å². The fraction of sp³-hybridized carbons (Fsp3) is 0.966. The van der Waals surface area contributed by atoms with E-state index in [0.717, 1.165) is 12.0 Å². The average molecular weight is 780 g/mol. The summed E-state index contributed by atoms with van der Waals surface area (Å²) in [4.78, 5) is 17.6. The zero-order valence-electron chi connectivity index (χ0n) is 28.9. The van der Waals surface area contributed by atoms with Gasteiger partial charge in [-0.25, -0.2) is 0 Å². The summed E-state index contributed by atoms with van der Waals surface area (Å²) < 4.78 is 39.8. The lowest BCUT2D eigenvalue weighted by atomic mass is 9.94. The molecule has 0 aromatic rings. The molecule has 24 heteroatoms. The third kappa shape index (κ3) is 9.77. The van der Waals surface area contributed by atoms with Gasteiger partial charge < -0.3 is 105 Å². The smallest absolute Gasteiger partial charge is 0.217 e. The SMILES string of the molecule is CC(=O)NC1C(O[C@@H]2OC(CO)[C@H](O)C(O)C2O)[C@@H](O)C(CO)O[C@H]1OC1C(CO)O[C@@H](O[C@@H]2C(CO)O[C@@H](N(C)OCCN)C(O)C2O)C(O)C1O. The van der Waals surface area contributed by atoms with Gasteiger partial charge in [0.05, 0.1) is 33.0 Å². The van der Waals surface area contributed by atoms with Crippen molar-refractivity contribution >= 4 is 5.91 Å². The van der Waals surface area contributed by atoms with Gasteiger partial charge in [-0.15, -0.1) is 0 Å². The van der Waals surface area contributed by atoms with Crippen LogP contribution < -0.4 is 11.1 Å². The largest absolute Gasteiger partial charge is 0.394 e. The van der Waals surface area contributed by atoms with Crippen LogP contribution >= 0.6 is 0 Å². The summed E-state index contributed by atoms with van der Waals surface area (Å²) in [6.45, 7) is -2.13. The Balaban J connectivity index is 1.53. The van der Waals surface area contributed by atoms with Crippen molar-refractivity contribution < 1.29 is 104 Å². The highest BCUT2D eigenvalue weighted by Crippen LogP contribution is 2.34. The van der Waals surface area contributed by atoms with Crippen molar-refractivity contribution in [2.24, 2.45) is 5.73 Å². The number of rotatable bonds is 15. The molecule has 0 radical (unpaired) electrons. The minimum atomic E-state index is -2.03. The van der Waals surface area contributed by atoms with E-state index in [9.17, 15) is 66.1 Å². The Bertz CT molecular complexity index is 1130. The van der Waals surface area contributed by atoms with Gasteiger partial charge in [-0.3, -0.25) is 9.63 Å². The van der Waals surface area contributed by atoms with Crippen LogP contribution in [0.3, 0.4) is 0 Å². The molecule has 53 heavy (non-hydrogen) atoms. The molecule has 20 atom stereocenters. The van der Waals surface area contributed by atoms with Gasteiger partial charge in [0.1, 0.15) is 97.6 Å². The van der Waals surface area contributed by atoms with E-state index < -0.39 is 155 Å². The molecule has 4 rings (SSSR count). The van der Waals surface area contributed by atoms with Crippen molar-refractivity contribution in [3.63, 3.8) is 0 Å². The van der Waals surface area contributed by atoms with Crippen LogP contribution in [-0.4, -0.2) is 242 Å². The third-order valence-corrected chi connectivity index (χ3v) is 9.38. The Morgan fingerprint density at radius 2 is 1.06 bits per heavy atom. The minimum Gasteiger partial charge on any atom is -0.394 e. The summed E-state index contributed by atoms with van der Waals surface area (Å²) in [6.07, 6.45) is -32.4. The monoisotopic (exact) mass is 779 g/mol. The first-order chi connectivity index (χ1) is 25.1. The van der Waals surface area contributed by atoms with Gasteiger partial charge in [0.15, 0.2) is 25.1 Å². The van der Waals surface area contributed by atoms with E-state index in [4.69, 9.17) is 43.7 Å². The number of ether oxygens (including phenoxy) is 7. The normalized spacial score (nSPS) is 46.7. The van der Waals surface area contributed by atoms with E-state index >= 15 is 0 Å². The van der Waals surface area contributed by atoms with Crippen LogP contribution in [0.1, 0.15) is 6.92 Å². The minimum absolute atomic E-state index is 0.0410. The number of aliphatic hydroxyl groups is 12. The number of carbonyl (C=O) groups excluding carboxylic acids is 1. The van der Waals surface area contributed by atoms with E-state index in [-0.39, 0.29) is 13.2 Å². The molecule has 1 amide bonds. The number of hydroxylamine groups is 2. The van der Waals surface area contributed by atoms with Crippen LogP contribution in [0.5, 0.6) is 0 Å². The standard InChI is InChI=1S/C29H53N3O21/c1-9(37)31-14-25(53-28-21(44)17(40)15(38)10(5-33)49-28)16(39)11(6-34)48-27(14)51-24-13(8-36)50-29(22(45)19(24)42)52-23-12(7-35)47-26(20(43)18(23)41)32(2)46-4-3-30/h10-29,33-36,38-45H,3-8,30H2,1-2H3,(H,31,37)/t10?,11?,12?,13?,14?,15-,16-,17?,18?,19?,20?,21?,22?,23+,24?,25?,26+,27-,28-,29-/m0/s1. The molecule has 0 aliphatic carbocycles. The molecule has 0 saturated carbocycles. The molecule has 0 spiro atoms. The van der Waals surface area contributed by atoms with Crippen molar-refractivity contribution in [1.29, 1.82) is 0 Å². The number of likely N-dealkylation sites (N-methyl/N-ethyl adjacent to an activating group) is 1. The van der Waals surface area contributed by atoms with Gasteiger partial charge in [0, 0.05) is 20.5 Å². The summed E-state index contributed by atoms with van der Waals surface area (Å²) in [6, 6.07) is -1.57. The summed E-state index contributed by atoms with van der Waals surface area (Å²) in [5, 5.41) is 129. The predicted molar refractivity (Wildman–Crippen MR) is 166 cm³/mol. The zero-order valence-corrected chi connectivity index (χ0v) is 28.9. The lowest BCUT2D eigenvalue weighted by molar-refractivity contribution is -0.382. The van der Waals surface area contributed by atoms with E-state index in [1.54, 1.807) is 0 Å². The van der Waals surface area contributed by atoms with Gasteiger partial charge in [0.25, 0.3) is 0 Å². The number of aliphatic hydroxyl groups excluding tert-OH is 12. The van der Waals surface area contributed by atoms with Crippen LogP contribution in [0.25, 0.3) is 0 Å². The number of hydrogen-bond donors (Lipinski definition) is 14. The highest BCUT2D eigenvalue weighted by molar-refractivity contribution is 5.73. The van der Waals surface area contributed by atoms with Crippen LogP contribution in [0.15, 0.2) is 0 Å². The summed E-state index contributed by atoms with van der Waals surface area (Å²) in [7, 11) is 1.39. The molecule has 24 nitrogen and oxygen atoms in total. The first-order valence-electron chi connectivity index (χ1n) is 16.9. The maximum absolute atomic E-state index is 12.3. The highest BCUT2D eigenvalue weighted by Gasteiger charge is 2.56. The van der Waals surface area contributed by atoms with Crippen molar-refractivity contribution in [2.45, 2.75) is 130 Å². The van der Waals surface area contributed by atoms with Crippen LogP contribution in [0.4, 0.5) is 0 Å². The molecule has 4 aliphatic heterocycles. The summed E-state index contributed by atoms with van der Waals surface area (Å²) >= 11 is 0. The Kier molecular flexibility index (Phi) is 16.4. The molecule has 0 aromatic heterocycles. The molecular formula is C29H53N3O21. The lowest BCUT2D eigenvalue weighted by Crippen LogP contribution is -2.70. The molecule has 0 aromatic carbocycles. The first kappa shape index (κ1) is 44.3. The molecule has 4 saturated heterocycles. The Hall–Kier alpha value is -1.41. The van der Waals surface area contributed by atoms with Crippen LogP contribution in [0.2, 0.25) is 0 Å². The van der Waals surface area contributed by atoms with Crippen molar-refractivity contribution in [2.75, 3.05) is 46.6 Å². The topological polar surface area (TPSA) is 375 Å². The third-order valence-electron chi connectivity index (χ3n) is 9.38. The second kappa shape index (κ2) is 19.6. The summed E-state index contributed by atoms with van der Waals surface area (Å²) in [5.74, 6) is -0.745. The number of nitrogens with one attached hydrogen (secondary N) is 1. The molecule has 15 N–H and O–H groups in total. The number of hydrogen-bond acceptors (Lipinski definition) is 23. The number of amides is 1. The first-order valence-corrected chi connectivity index (χ1v) is 16.9. The van der Waals surface area contributed by atoms with Crippen LogP contribution in [0, 0.1) is 0 Å². The number of nitrogens with two attached hydrogens (primary N) is 1. The molecule has 4 aliphatic rings. The van der Waals surface area contributed by atoms with Crippen LogP contribution in [-0.2, 0) is 42.8 Å². The second-order valence-corrected chi connectivity index (χ2v) is 13.0. The van der Waals surface area contributed by atoms with Crippen molar-refractivity contribution in [3.05, 3.63) is 0 Å². The van der Waals surface area contributed by atoms with E-state index in [1.807, 2.05) is 0 Å². The van der Waals surface area contributed by atoms with E-state index in [1.165, 1.54) is 7.05 Å². The van der Waals surface area contributed by atoms with Gasteiger partial charge in [-0.2, -0.15) is 5.06 Å². The average Bonchev–Trinajstić information content (AvgIpc) is 3.14. The predicted octanol–water partition coefficient (Wildman–Crippen LogP) is -9.78. The number of nitrogens with zero attached hydrogens (tertiary/aromatic N) is 1. The fourth-order valence-electron chi connectivity index (χ4n) is 6.52. The Morgan fingerprint density at radius 3 is 1.60 bits per heavy atom. The van der Waals surface area contributed by atoms with Gasteiger partial charge in [-0.1, -0.05) is 0 Å². The van der Waals surface area contributed by atoms with Gasteiger partial charge in [-0.05, 0) is 0 Å². The molecule has 13 unspecified atom stereocenters. The lowest BCUT2D eigenvalue weighted by Gasteiger charge is -2.50. The molecule has 4 fully saturated rings. The zero-order chi connectivity index (χ0) is 39.3.